The fraction of sp³-hybridized carbons (Fsp3) is 0.769. The highest BCUT2D eigenvalue weighted by Crippen LogP contribution is 2.17. The Morgan fingerprint density at radius 2 is 2.35 bits per heavy atom. The number of amides is 1. The van der Waals surface area contributed by atoms with Gasteiger partial charge in [0, 0.05) is 19.1 Å². The van der Waals surface area contributed by atoms with Gasteiger partial charge in [-0.25, -0.2) is 0 Å². The van der Waals surface area contributed by atoms with Crippen LogP contribution in [0, 0.1) is 18.3 Å². The molecule has 0 spiro atoms. The van der Waals surface area contributed by atoms with Crippen molar-refractivity contribution in [2.45, 2.75) is 26.3 Å². The summed E-state index contributed by atoms with van der Waals surface area (Å²) in [6, 6.07) is 0.605. The highest BCUT2D eigenvalue weighted by atomic mass is 16.1. The van der Waals surface area contributed by atoms with Crippen molar-refractivity contribution in [3.8, 4) is 12.3 Å². The van der Waals surface area contributed by atoms with E-state index >= 15 is 0 Å². The molecule has 0 saturated carbocycles. The minimum atomic E-state index is 0.0308. The van der Waals surface area contributed by atoms with Crippen molar-refractivity contribution in [1.29, 1.82) is 0 Å². The van der Waals surface area contributed by atoms with Crippen molar-refractivity contribution in [1.82, 2.24) is 15.5 Å². The Kier molecular flexibility index (Phi) is 6.03. The van der Waals surface area contributed by atoms with E-state index in [4.69, 9.17) is 6.42 Å². The molecule has 1 fully saturated rings. The molecule has 96 valence electrons. The molecule has 0 aromatic rings. The summed E-state index contributed by atoms with van der Waals surface area (Å²) >= 11 is 0. The molecule has 1 unspecified atom stereocenters. The van der Waals surface area contributed by atoms with E-state index in [1.165, 1.54) is 6.42 Å². The number of nitrogens with one attached hydrogen (secondary N) is 2. The summed E-state index contributed by atoms with van der Waals surface area (Å²) in [5.41, 5.74) is 0. The van der Waals surface area contributed by atoms with Gasteiger partial charge in [-0.05, 0) is 32.7 Å². The highest BCUT2D eigenvalue weighted by Gasteiger charge is 2.24. The van der Waals surface area contributed by atoms with E-state index in [1.807, 2.05) is 0 Å². The smallest absolute Gasteiger partial charge is 0.233 e. The molecular weight excluding hydrogens is 214 g/mol. The summed E-state index contributed by atoms with van der Waals surface area (Å²) in [6.45, 7) is 8.20. The number of likely N-dealkylation sites (tertiary alicyclic amines) is 1. The van der Waals surface area contributed by atoms with Gasteiger partial charge in [-0.2, -0.15) is 0 Å². The molecular formula is C13H23N3O. The van der Waals surface area contributed by atoms with Crippen molar-refractivity contribution >= 4 is 5.91 Å². The van der Waals surface area contributed by atoms with Crippen molar-refractivity contribution in [2.75, 3.05) is 32.7 Å². The number of carbonyl (C=O) groups is 1. The zero-order valence-electron chi connectivity index (χ0n) is 10.8. The Hall–Kier alpha value is -1.05. The quantitative estimate of drug-likeness (QED) is 0.507. The molecule has 0 bridgehead atoms. The van der Waals surface area contributed by atoms with Crippen molar-refractivity contribution in [2.24, 2.45) is 5.92 Å². The van der Waals surface area contributed by atoms with Gasteiger partial charge in [0.05, 0.1) is 13.1 Å². The van der Waals surface area contributed by atoms with Gasteiger partial charge in [-0.1, -0.05) is 5.92 Å². The molecule has 1 atom stereocenters. The van der Waals surface area contributed by atoms with Crippen LogP contribution in [0.15, 0.2) is 0 Å². The van der Waals surface area contributed by atoms with Crippen LogP contribution in [0.5, 0.6) is 0 Å². The molecule has 0 radical (unpaired) electrons. The molecule has 1 rings (SSSR count). The maximum absolute atomic E-state index is 11.4. The third-order valence-electron chi connectivity index (χ3n) is 3.15. The fourth-order valence-electron chi connectivity index (χ4n) is 2.07. The zero-order chi connectivity index (χ0) is 12.7. The average Bonchev–Trinajstić information content (AvgIpc) is 2.75. The third kappa shape index (κ3) is 5.20. The Labute approximate surface area is 104 Å². The summed E-state index contributed by atoms with van der Waals surface area (Å²) in [7, 11) is 0. The van der Waals surface area contributed by atoms with Crippen LogP contribution in [0.1, 0.15) is 20.3 Å². The molecule has 17 heavy (non-hydrogen) atoms. The first-order valence-electron chi connectivity index (χ1n) is 6.28. The molecule has 0 aromatic heterocycles. The minimum absolute atomic E-state index is 0.0308. The van der Waals surface area contributed by atoms with Crippen LogP contribution in [-0.2, 0) is 4.79 Å². The number of nitrogens with zero attached hydrogens (tertiary/aromatic N) is 1. The van der Waals surface area contributed by atoms with Gasteiger partial charge in [-0.15, -0.1) is 6.42 Å². The van der Waals surface area contributed by atoms with Crippen molar-refractivity contribution in [3.63, 3.8) is 0 Å². The topological polar surface area (TPSA) is 44.4 Å². The summed E-state index contributed by atoms with van der Waals surface area (Å²) in [4.78, 5) is 13.9. The predicted octanol–water partition coefficient (Wildman–Crippen LogP) is 0.0557. The van der Waals surface area contributed by atoms with Crippen LogP contribution in [-0.4, -0.2) is 49.6 Å². The van der Waals surface area contributed by atoms with Gasteiger partial charge in [-0.3, -0.25) is 10.1 Å². The molecule has 1 aliphatic rings. The second kappa shape index (κ2) is 7.31. The van der Waals surface area contributed by atoms with E-state index < -0.39 is 0 Å². The molecule has 2 N–H and O–H groups in total. The van der Waals surface area contributed by atoms with E-state index in [9.17, 15) is 4.79 Å². The molecule has 4 heteroatoms. The minimum Gasteiger partial charge on any atom is -0.355 e. The first-order chi connectivity index (χ1) is 8.13. The summed E-state index contributed by atoms with van der Waals surface area (Å²) in [5, 5.41) is 5.82. The van der Waals surface area contributed by atoms with E-state index in [-0.39, 0.29) is 5.91 Å². The van der Waals surface area contributed by atoms with E-state index in [0.717, 1.165) is 19.6 Å². The Balaban J connectivity index is 2.11. The number of carbonyl (C=O) groups excluding carboxylic acids is 1. The van der Waals surface area contributed by atoms with Gasteiger partial charge in [0.2, 0.25) is 5.91 Å². The van der Waals surface area contributed by atoms with Crippen LogP contribution in [0.25, 0.3) is 0 Å². The molecule has 1 amide bonds. The standard InChI is InChI=1S/C13H23N3O/c1-4-6-14-9-13(17)15-8-12-5-7-16(10-12)11(2)3/h1,11-12,14H,5-10H2,2-3H3,(H,15,17). The maximum Gasteiger partial charge on any atom is 0.233 e. The Morgan fingerprint density at radius 3 is 2.94 bits per heavy atom. The van der Waals surface area contributed by atoms with Crippen molar-refractivity contribution < 1.29 is 4.79 Å². The first kappa shape index (κ1) is 14.0. The van der Waals surface area contributed by atoms with Gasteiger partial charge >= 0.3 is 0 Å². The number of rotatable bonds is 6. The number of hydrogen-bond donors (Lipinski definition) is 2. The van der Waals surface area contributed by atoms with Crippen LogP contribution in [0.4, 0.5) is 0 Å². The summed E-state index contributed by atoms with van der Waals surface area (Å²) in [6.07, 6.45) is 6.26. The monoisotopic (exact) mass is 237 g/mol. The molecule has 1 aliphatic heterocycles. The second-order valence-electron chi connectivity index (χ2n) is 4.86. The van der Waals surface area contributed by atoms with Gasteiger partial charge < -0.3 is 10.2 Å². The third-order valence-corrected chi connectivity index (χ3v) is 3.15. The normalized spacial score (nSPS) is 20.5. The summed E-state index contributed by atoms with van der Waals surface area (Å²) in [5.74, 6) is 3.06. The van der Waals surface area contributed by atoms with Gasteiger partial charge in [0.15, 0.2) is 0 Å². The molecule has 0 aromatic carbocycles. The van der Waals surface area contributed by atoms with Crippen molar-refractivity contribution in [3.05, 3.63) is 0 Å². The lowest BCUT2D eigenvalue weighted by atomic mass is 10.1. The Morgan fingerprint density at radius 1 is 1.59 bits per heavy atom. The molecule has 1 heterocycles. The lowest BCUT2D eigenvalue weighted by Gasteiger charge is -2.20. The molecule has 4 nitrogen and oxygen atoms in total. The number of hydrogen-bond acceptors (Lipinski definition) is 3. The van der Waals surface area contributed by atoms with Crippen LogP contribution in [0.2, 0.25) is 0 Å². The van der Waals surface area contributed by atoms with Gasteiger partial charge in [0.25, 0.3) is 0 Å². The van der Waals surface area contributed by atoms with Crippen LogP contribution >= 0.6 is 0 Å². The van der Waals surface area contributed by atoms with Gasteiger partial charge in [0.1, 0.15) is 0 Å². The van der Waals surface area contributed by atoms with Crippen LogP contribution < -0.4 is 10.6 Å². The average molecular weight is 237 g/mol. The molecule has 0 aliphatic carbocycles. The number of terminal acetylenes is 1. The molecule has 1 saturated heterocycles. The lowest BCUT2D eigenvalue weighted by molar-refractivity contribution is -0.120. The summed E-state index contributed by atoms with van der Waals surface area (Å²) < 4.78 is 0. The second-order valence-corrected chi connectivity index (χ2v) is 4.86. The van der Waals surface area contributed by atoms with E-state index in [1.54, 1.807) is 0 Å². The predicted molar refractivity (Wildman–Crippen MR) is 69.5 cm³/mol. The zero-order valence-corrected chi connectivity index (χ0v) is 10.8. The first-order valence-corrected chi connectivity index (χ1v) is 6.28. The van der Waals surface area contributed by atoms with E-state index in [0.29, 0.717) is 25.0 Å². The lowest BCUT2D eigenvalue weighted by Crippen LogP contribution is -2.37. The maximum atomic E-state index is 11.4. The fourth-order valence-corrected chi connectivity index (χ4v) is 2.07. The highest BCUT2D eigenvalue weighted by molar-refractivity contribution is 5.77. The van der Waals surface area contributed by atoms with E-state index in [2.05, 4.69) is 35.3 Å². The Bertz CT molecular complexity index is 283. The largest absolute Gasteiger partial charge is 0.355 e. The SMILES string of the molecule is C#CCNCC(=O)NCC1CCN(C(C)C)C1. The van der Waals surface area contributed by atoms with Crippen LogP contribution in [0.3, 0.4) is 0 Å².